The van der Waals surface area contributed by atoms with Gasteiger partial charge in [-0.1, -0.05) is 0 Å². The van der Waals surface area contributed by atoms with E-state index in [2.05, 4.69) is 10.0 Å². The van der Waals surface area contributed by atoms with Gasteiger partial charge in [-0.3, -0.25) is 4.79 Å². The summed E-state index contributed by atoms with van der Waals surface area (Å²) >= 11 is 0. The van der Waals surface area contributed by atoms with Gasteiger partial charge in [0, 0.05) is 6.07 Å². The minimum Gasteiger partial charge on any atom is -0.322 e. The molecule has 2 aromatic carbocycles. The molecule has 0 saturated heterocycles. The first-order valence-electron chi connectivity index (χ1n) is 6.73. The van der Waals surface area contributed by atoms with Crippen LogP contribution in [0.25, 0.3) is 0 Å². The van der Waals surface area contributed by atoms with Crippen LogP contribution >= 0.6 is 0 Å². The van der Waals surface area contributed by atoms with Gasteiger partial charge in [0.15, 0.2) is 0 Å². The van der Waals surface area contributed by atoms with Crippen LogP contribution in [0.3, 0.4) is 0 Å². The lowest BCUT2D eigenvalue weighted by atomic mass is 10.2. The van der Waals surface area contributed by atoms with E-state index in [-0.39, 0.29) is 10.6 Å². The second-order valence-electron chi connectivity index (χ2n) is 4.91. The van der Waals surface area contributed by atoms with Gasteiger partial charge >= 0.3 is 0 Å². The maximum Gasteiger partial charge on any atom is 0.242 e. The van der Waals surface area contributed by atoms with Gasteiger partial charge in [0.1, 0.15) is 17.5 Å². The SMILES string of the molecule is C[C@@H](NS(=O)(=O)c1ccc(F)cc1)C(=O)Nc1ccc(F)cc1F. The summed E-state index contributed by atoms with van der Waals surface area (Å²) < 4.78 is 65.4. The van der Waals surface area contributed by atoms with E-state index in [9.17, 15) is 26.4 Å². The van der Waals surface area contributed by atoms with Gasteiger partial charge in [-0.2, -0.15) is 4.72 Å². The highest BCUT2D eigenvalue weighted by Crippen LogP contribution is 2.16. The zero-order chi connectivity index (χ0) is 17.9. The number of carbonyl (C=O) groups excluding carboxylic acids is 1. The van der Waals surface area contributed by atoms with Gasteiger partial charge in [0.05, 0.1) is 16.6 Å². The van der Waals surface area contributed by atoms with E-state index in [0.29, 0.717) is 6.07 Å². The Hall–Kier alpha value is -2.39. The Bertz CT molecular complexity index is 855. The summed E-state index contributed by atoms with van der Waals surface area (Å²) in [7, 11) is -4.06. The standard InChI is InChI=1S/C15H13F3N2O3S/c1-9(15(21)19-14-7-4-11(17)8-13(14)18)20-24(22,23)12-5-2-10(16)3-6-12/h2-9,20H,1H3,(H,19,21)/t9-/m1/s1. The van der Waals surface area contributed by atoms with Crippen LogP contribution in [-0.2, 0) is 14.8 Å². The van der Waals surface area contributed by atoms with Crippen LogP contribution in [0, 0.1) is 17.5 Å². The van der Waals surface area contributed by atoms with Crippen molar-refractivity contribution < 1.29 is 26.4 Å². The topological polar surface area (TPSA) is 75.3 Å². The molecule has 0 aromatic heterocycles. The average molecular weight is 358 g/mol. The molecular formula is C15H13F3N2O3S. The summed E-state index contributed by atoms with van der Waals surface area (Å²) in [6.07, 6.45) is 0. The van der Waals surface area contributed by atoms with Crippen molar-refractivity contribution in [3.8, 4) is 0 Å². The van der Waals surface area contributed by atoms with Gasteiger partial charge in [0.2, 0.25) is 15.9 Å². The van der Waals surface area contributed by atoms with E-state index in [1.807, 2.05) is 0 Å². The molecule has 128 valence electrons. The lowest BCUT2D eigenvalue weighted by molar-refractivity contribution is -0.117. The third-order valence-electron chi connectivity index (χ3n) is 3.04. The molecule has 24 heavy (non-hydrogen) atoms. The van der Waals surface area contributed by atoms with Crippen LogP contribution in [0.5, 0.6) is 0 Å². The van der Waals surface area contributed by atoms with Crippen LogP contribution in [0.2, 0.25) is 0 Å². The molecule has 2 N–H and O–H groups in total. The quantitative estimate of drug-likeness (QED) is 0.862. The van der Waals surface area contributed by atoms with Crippen LogP contribution in [0.4, 0.5) is 18.9 Å². The molecular weight excluding hydrogens is 345 g/mol. The fourth-order valence-electron chi connectivity index (χ4n) is 1.80. The van der Waals surface area contributed by atoms with Gasteiger partial charge in [-0.15, -0.1) is 0 Å². The number of nitrogens with one attached hydrogen (secondary N) is 2. The van der Waals surface area contributed by atoms with Crippen molar-refractivity contribution in [1.82, 2.24) is 4.72 Å². The maximum absolute atomic E-state index is 13.5. The van der Waals surface area contributed by atoms with Crippen molar-refractivity contribution in [3.05, 3.63) is 59.9 Å². The molecule has 1 atom stereocenters. The number of benzene rings is 2. The molecule has 1 amide bonds. The second kappa shape index (κ2) is 7.02. The van der Waals surface area contributed by atoms with E-state index in [1.54, 1.807) is 0 Å². The van der Waals surface area contributed by atoms with Crippen LogP contribution in [-0.4, -0.2) is 20.4 Å². The molecule has 0 spiro atoms. The number of halogens is 3. The highest BCUT2D eigenvalue weighted by molar-refractivity contribution is 7.89. The molecule has 0 aliphatic carbocycles. The molecule has 0 bridgehead atoms. The number of amides is 1. The van der Waals surface area contributed by atoms with Crippen molar-refractivity contribution in [1.29, 1.82) is 0 Å². The first-order chi connectivity index (χ1) is 11.2. The van der Waals surface area contributed by atoms with Crippen molar-refractivity contribution in [2.24, 2.45) is 0 Å². The summed E-state index contributed by atoms with van der Waals surface area (Å²) in [4.78, 5) is 11.7. The van der Waals surface area contributed by atoms with Crippen LogP contribution < -0.4 is 10.0 Å². The first-order valence-corrected chi connectivity index (χ1v) is 8.21. The van der Waals surface area contributed by atoms with Crippen LogP contribution in [0.15, 0.2) is 47.4 Å². The van der Waals surface area contributed by atoms with Gasteiger partial charge in [-0.05, 0) is 43.3 Å². The third-order valence-corrected chi connectivity index (χ3v) is 4.59. The molecule has 2 aromatic rings. The Morgan fingerprint density at radius 2 is 1.58 bits per heavy atom. The molecule has 0 heterocycles. The number of carbonyl (C=O) groups is 1. The van der Waals surface area contributed by atoms with Gasteiger partial charge in [0.25, 0.3) is 0 Å². The molecule has 0 radical (unpaired) electrons. The second-order valence-corrected chi connectivity index (χ2v) is 6.62. The maximum atomic E-state index is 13.5. The van der Waals surface area contributed by atoms with E-state index < -0.39 is 39.4 Å². The molecule has 0 saturated carbocycles. The van der Waals surface area contributed by atoms with E-state index in [1.165, 1.54) is 6.92 Å². The highest BCUT2D eigenvalue weighted by atomic mass is 32.2. The number of hydrogen-bond donors (Lipinski definition) is 2. The number of rotatable bonds is 5. The molecule has 9 heteroatoms. The fourth-order valence-corrected chi connectivity index (χ4v) is 3.00. The van der Waals surface area contributed by atoms with Crippen molar-refractivity contribution in [2.45, 2.75) is 17.9 Å². The Morgan fingerprint density at radius 1 is 1.00 bits per heavy atom. The zero-order valence-corrected chi connectivity index (χ0v) is 13.2. The summed E-state index contributed by atoms with van der Waals surface area (Å²) in [6, 6.07) is 5.33. The summed E-state index contributed by atoms with van der Waals surface area (Å²) in [5, 5.41) is 2.15. The Balaban J connectivity index is 2.09. The molecule has 2 rings (SSSR count). The largest absolute Gasteiger partial charge is 0.322 e. The lowest BCUT2D eigenvalue weighted by Crippen LogP contribution is -2.41. The molecule has 0 aliphatic heterocycles. The van der Waals surface area contributed by atoms with Crippen molar-refractivity contribution in [2.75, 3.05) is 5.32 Å². The van der Waals surface area contributed by atoms with E-state index >= 15 is 0 Å². The van der Waals surface area contributed by atoms with Crippen LogP contribution in [0.1, 0.15) is 6.92 Å². The summed E-state index contributed by atoms with van der Waals surface area (Å²) in [5.41, 5.74) is -0.283. The summed E-state index contributed by atoms with van der Waals surface area (Å²) in [5.74, 6) is -3.25. The lowest BCUT2D eigenvalue weighted by Gasteiger charge is -2.15. The van der Waals surface area contributed by atoms with Gasteiger partial charge in [-0.25, -0.2) is 21.6 Å². The molecule has 0 fully saturated rings. The highest BCUT2D eigenvalue weighted by Gasteiger charge is 2.22. The summed E-state index contributed by atoms with van der Waals surface area (Å²) in [6.45, 7) is 1.25. The molecule has 5 nitrogen and oxygen atoms in total. The fraction of sp³-hybridized carbons (Fsp3) is 0.133. The van der Waals surface area contributed by atoms with E-state index in [4.69, 9.17) is 0 Å². The van der Waals surface area contributed by atoms with Gasteiger partial charge < -0.3 is 5.32 Å². The number of anilines is 1. The zero-order valence-electron chi connectivity index (χ0n) is 12.4. The Morgan fingerprint density at radius 3 is 2.17 bits per heavy atom. The Labute approximate surface area is 136 Å². The smallest absolute Gasteiger partial charge is 0.242 e. The van der Waals surface area contributed by atoms with E-state index in [0.717, 1.165) is 36.4 Å². The molecule has 0 unspecified atom stereocenters. The monoisotopic (exact) mass is 358 g/mol. The third kappa shape index (κ3) is 4.33. The van der Waals surface area contributed by atoms with Crippen molar-refractivity contribution in [3.63, 3.8) is 0 Å². The minimum absolute atomic E-state index is 0.225. The number of sulfonamides is 1. The minimum atomic E-state index is -4.06. The molecule has 0 aliphatic rings. The predicted molar refractivity (Wildman–Crippen MR) is 81.2 cm³/mol. The predicted octanol–water partition coefficient (Wildman–Crippen LogP) is 2.41. The Kier molecular flexibility index (Phi) is 5.25. The normalized spacial score (nSPS) is 12.7. The van der Waals surface area contributed by atoms with Crippen molar-refractivity contribution >= 4 is 21.6 Å². The number of hydrogen-bond acceptors (Lipinski definition) is 3. The average Bonchev–Trinajstić information content (AvgIpc) is 2.50. The first kappa shape index (κ1) is 18.0.